The summed E-state index contributed by atoms with van der Waals surface area (Å²) in [4.78, 5) is 43.0. The van der Waals surface area contributed by atoms with Gasteiger partial charge in [0.15, 0.2) is 0 Å². The Balaban J connectivity index is 1.53. The van der Waals surface area contributed by atoms with Crippen LogP contribution in [0.25, 0.3) is 10.8 Å². The van der Waals surface area contributed by atoms with Crippen LogP contribution in [0.15, 0.2) is 64.2 Å². The van der Waals surface area contributed by atoms with Crippen molar-refractivity contribution in [1.29, 1.82) is 0 Å². The summed E-state index contributed by atoms with van der Waals surface area (Å²) >= 11 is 6.15. The standard InChI is InChI=1S/C27H26ClN3O5/c1-4-31(5-2)23-22(24(32)25(23)33)29-20(27(34)35-3)14-16-10-12-18(13-11-16)36-26-19-9-7-6-8-17(19)15-21(28)30-26/h6-13,15,20,29H,4-5,14H2,1-3H3/t20-/m0/s1. The molecule has 0 amide bonds. The molecule has 0 saturated heterocycles. The maximum absolute atomic E-state index is 12.5. The maximum atomic E-state index is 12.5. The van der Waals surface area contributed by atoms with Gasteiger partial charge in [0.1, 0.15) is 28.3 Å². The van der Waals surface area contributed by atoms with E-state index in [4.69, 9.17) is 21.1 Å². The lowest BCUT2D eigenvalue weighted by molar-refractivity contribution is -0.141. The summed E-state index contributed by atoms with van der Waals surface area (Å²) in [6.45, 7) is 4.93. The molecule has 0 aliphatic carbocycles. The van der Waals surface area contributed by atoms with Gasteiger partial charge in [0, 0.05) is 24.9 Å². The Bertz CT molecular complexity index is 1460. The number of aromatic nitrogens is 1. The van der Waals surface area contributed by atoms with Gasteiger partial charge in [-0.2, -0.15) is 0 Å². The van der Waals surface area contributed by atoms with Gasteiger partial charge in [-0.3, -0.25) is 9.59 Å². The van der Waals surface area contributed by atoms with Gasteiger partial charge in [0.05, 0.1) is 7.11 Å². The van der Waals surface area contributed by atoms with E-state index < -0.39 is 22.9 Å². The third-order valence-corrected chi connectivity index (χ3v) is 6.21. The van der Waals surface area contributed by atoms with Crippen molar-refractivity contribution in [3.05, 3.63) is 85.8 Å². The second-order valence-electron chi connectivity index (χ2n) is 8.20. The van der Waals surface area contributed by atoms with Crippen LogP contribution in [0.1, 0.15) is 19.4 Å². The number of carbonyl (C=O) groups is 1. The van der Waals surface area contributed by atoms with Crippen LogP contribution in [0.3, 0.4) is 0 Å². The molecule has 36 heavy (non-hydrogen) atoms. The van der Waals surface area contributed by atoms with Crippen molar-refractivity contribution in [2.75, 3.05) is 30.4 Å². The zero-order valence-corrected chi connectivity index (χ0v) is 21.0. The summed E-state index contributed by atoms with van der Waals surface area (Å²) < 4.78 is 10.9. The topological polar surface area (TPSA) is 97.8 Å². The van der Waals surface area contributed by atoms with E-state index in [0.717, 1.165) is 16.3 Å². The number of benzene rings is 2. The van der Waals surface area contributed by atoms with Crippen LogP contribution in [0.2, 0.25) is 5.15 Å². The van der Waals surface area contributed by atoms with E-state index in [0.29, 0.717) is 35.6 Å². The molecule has 0 unspecified atom stereocenters. The van der Waals surface area contributed by atoms with Gasteiger partial charge in [-0.1, -0.05) is 41.9 Å². The Kier molecular flexibility index (Phi) is 7.55. The van der Waals surface area contributed by atoms with Gasteiger partial charge < -0.3 is 19.7 Å². The average Bonchev–Trinajstić information content (AvgIpc) is 2.90. The Hall–Kier alpha value is -3.91. The fourth-order valence-corrected chi connectivity index (χ4v) is 4.31. The molecule has 9 heteroatoms. The number of halogens is 1. The minimum absolute atomic E-state index is 0.151. The fraction of sp³-hybridized carbons (Fsp3) is 0.259. The van der Waals surface area contributed by atoms with Crippen molar-refractivity contribution in [1.82, 2.24) is 4.98 Å². The van der Waals surface area contributed by atoms with Gasteiger partial charge in [0.25, 0.3) is 10.9 Å². The first-order chi connectivity index (χ1) is 17.4. The number of nitrogens with one attached hydrogen (secondary N) is 1. The number of pyridine rings is 1. The number of hydrogen-bond donors (Lipinski definition) is 1. The molecule has 1 aromatic heterocycles. The molecule has 0 fully saturated rings. The molecule has 0 aliphatic heterocycles. The van der Waals surface area contributed by atoms with Gasteiger partial charge in [-0.15, -0.1) is 0 Å². The van der Waals surface area contributed by atoms with Gasteiger partial charge >= 0.3 is 5.97 Å². The molecule has 3 aromatic carbocycles. The molecule has 0 spiro atoms. The molecule has 4 aromatic rings. The number of hydrogen-bond acceptors (Lipinski definition) is 8. The lowest BCUT2D eigenvalue weighted by atomic mass is 10.0. The summed E-state index contributed by atoms with van der Waals surface area (Å²) in [6.07, 6.45) is 0.238. The third kappa shape index (κ3) is 5.04. The number of methoxy groups -OCH3 is 1. The van der Waals surface area contributed by atoms with E-state index in [2.05, 4.69) is 10.3 Å². The first-order valence-corrected chi connectivity index (χ1v) is 12.0. The van der Waals surface area contributed by atoms with Crippen LogP contribution in [0, 0.1) is 0 Å². The van der Waals surface area contributed by atoms with Crippen molar-refractivity contribution in [3.63, 3.8) is 0 Å². The molecule has 1 heterocycles. The molecule has 1 atom stereocenters. The predicted octanol–water partition coefficient (Wildman–Crippen LogP) is 4.32. The summed E-state index contributed by atoms with van der Waals surface area (Å²) in [5, 5.41) is 5.03. The molecular weight excluding hydrogens is 482 g/mol. The minimum Gasteiger partial charge on any atom is -0.467 e. The second-order valence-corrected chi connectivity index (χ2v) is 8.58. The van der Waals surface area contributed by atoms with Crippen molar-refractivity contribution < 1.29 is 14.3 Å². The second kappa shape index (κ2) is 10.8. The monoisotopic (exact) mass is 507 g/mol. The summed E-state index contributed by atoms with van der Waals surface area (Å²) in [5.74, 6) is 0.403. The summed E-state index contributed by atoms with van der Waals surface area (Å²) in [6, 6.07) is 15.7. The Morgan fingerprint density at radius 3 is 2.42 bits per heavy atom. The van der Waals surface area contributed by atoms with Crippen LogP contribution in [-0.2, 0) is 16.0 Å². The summed E-state index contributed by atoms with van der Waals surface area (Å²) in [5.41, 5.74) is 0.0865. The van der Waals surface area contributed by atoms with E-state index >= 15 is 0 Å². The highest BCUT2D eigenvalue weighted by atomic mass is 35.5. The van der Waals surface area contributed by atoms with E-state index in [1.165, 1.54) is 7.11 Å². The minimum atomic E-state index is -0.849. The Morgan fingerprint density at radius 1 is 1.06 bits per heavy atom. The van der Waals surface area contributed by atoms with Crippen molar-refractivity contribution in [2.24, 2.45) is 0 Å². The number of fused-ring (bicyclic) bond motifs is 1. The van der Waals surface area contributed by atoms with Crippen molar-refractivity contribution in [3.8, 4) is 11.6 Å². The highest BCUT2D eigenvalue weighted by Gasteiger charge is 2.29. The first-order valence-electron chi connectivity index (χ1n) is 11.6. The largest absolute Gasteiger partial charge is 0.467 e. The summed E-state index contributed by atoms with van der Waals surface area (Å²) in [7, 11) is 1.28. The number of nitrogens with zero attached hydrogens (tertiary/aromatic N) is 2. The number of anilines is 2. The SMILES string of the molecule is CCN(CC)c1c(N[C@@H](Cc2ccc(Oc3nc(Cl)cc4ccccc34)cc2)C(=O)OC)c(=O)c1=O. The normalized spacial score (nSPS) is 11.9. The van der Waals surface area contributed by atoms with E-state index in [-0.39, 0.29) is 12.1 Å². The molecular formula is C27H26ClN3O5. The average molecular weight is 508 g/mol. The smallest absolute Gasteiger partial charge is 0.328 e. The number of rotatable bonds is 10. The number of carbonyl (C=O) groups excluding carboxylic acids is 1. The van der Waals surface area contributed by atoms with Gasteiger partial charge in [0.2, 0.25) is 5.88 Å². The van der Waals surface area contributed by atoms with Crippen LogP contribution in [0.4, 0.5) is 11.4 Å². The zero-order valence-electron chi connectivity index (χ0n) is 20.2. The predicted molar refractivity (Wildman–Crippen MR) is 141 cm³/mol. The van der Waals surface area contributed by atoms with Crippen LogP contribution < -0.4 is 25.8 Å². The molecule has 186 valence electrons. The fourth-order valence-electron chi connectivity index (χ4n) is 4.12. The Morgan fingerprint density at radius 2 is 1.75 bits per heavy atom. The molecule has 8 nitrogen and oxygen atoms in total. The highest BCUT2D eigenvalue weighted by Crippen LogP contribution is 2.30. The molecule has 0 bridgehead atoms. The van der Waals surface area contributed by atoms with Crippen LogP contribution in [-0.4, -0.2) is 37.2 Å². The van der Waals surface area contributed by atoms with E-state index in [9.17, 15) is 14.4 Å². The van der Waals surface area contributed by atoms with Crippen LogP contribution in [0.5, 0.6) is 11.6 Å². The maximum Gasteiger partial charge on any atom is 0.328 e. The quantitative estimate of drug-likeness (QED) is 0.192. The van der Waals surface area contributed by atoms with Crippen LogP contribution >= 0.6 is 11.6 Å². The van der Waals surface area contributed by atoms with Crippen molar-refractivity contribution >= 4 is 39.7 Å². The van der Waals surface area contributed by atoms with E-state index in [1.54, 1.807) is 23.1 Å². The Labute approximate surface area is 213 Å². The van der Waals surface area contributed by atoms with Gasteiger partial charge in [-0.05, 0) is 49.1 Å². The lowest BCUT2D eigenvalue weighted by Crippen LogP contribution is -2.46. The zero-order chi connectivity index (χ0) is 25.8. The molecule has 0 saturated carbocycles. The van der Waals surface area contributed by atoms with Crippen molar-refractivity contribution in [2.45, 2.75) is 26.3 Å². The molecule has 4 rings (SSSR count). The van der Waals surface area contributed by atoms with Gasteiger partial charge in [-0.25, -0.2) is 9.78 Å². The lowest BCUT2D eigenvalue weighted by Gasteiger charge is -2.27. The third-order valence-electron chi connectivity index (χ3n) is 6.02. The highest BCUT2D eigenvalue weighted by molar-refractivity contribution is 6.30. The molecule has 1 N–H and O–H groups in total. The molecule has 0 radical (unpaired) electrons. The van der Waals surface area contributed by atoms with E-state index in [1.807, 2.05) is 50.2 Å². The number of ether oxygens (including phenoxy) is 2. The molecule has 0 aliphatic rings. The first kappa shape index (κ1) is 25.2. The number of esters is 1.